The van der Waals surface area contributed by atoms with Crippen LogP contribution in [0, 0.1) is 0 Å². The molecular formula is C6H12Sb. The maximum absolute atomic E-state index is 3.00. The molecule has 41 valence electrons. The summed E-state index contributed by atoms with van der Waals surface area (Å²) in [6.07, 6.45) is 0. The van der Waals surface area contributed by atoms with Crippen LogP contribution in [-0.4, -0.2) is 24.4 Å². The van der Waals surface area contributed by atoms with Gasteiger partial charge in [-0.1, -0.05) is 0 Å². The Labute approximate surface area is 64.1 Å². The second kappa shape index (κ2) is 105000. The molecule has 0 nitrogen and oxygen atoms in total. The Morgan fingerprint density at radius 1 is 0.429 bits per heavy atom. The molecule has 3 radical (unpaired) electrons. The first-order valence-corrected chi connectivity index (χ1v) is 1.50. The quantitative estimate of drug-likeness (QED) is 0.420. The van der Waals surface area contributed by atoms with E-state index in [1.54, 1.807) is 0 Å². The molecule has 0 atom stereocenters. The molecule has 0 bridgehead atoms. The van der Waals surface area contributed by atoms with E-state index in [9.17, 15) is 0 Å². The molecule has 0 saturated carbocycles. The molecule has 0 unspecified atom stereocenters. The fraction of sp³-hybridized carbons (Fsp3) is 0. The fourth-order valence-electron chi connectivity index (χ4n) is 0. The smallest absolute Gasteiger partial charge is 0 e. The molecule has 0 fully saturated rings. The van der Waals surface area contributed by atoms with Crippen molar-refractivity contribution >= 4 is 24.4 Å². The first kappa shape index (κ1) is 27.8. The molecule has 0 rings (SSSR count). The normalized spacial score (nSPS) is 1.71. The SMILES string of the molecule is C=C.C=C.C=C.[Sb]. The van der Waals surface area contributed by atoms with Gasteiger partial charge in [-0.05, 0) is 0 Å². The largest absolute Gasteiger partial charge is 0.106 e. The topological polar surface area (TPSA) is 0 Å². The van der Waals surface area contributed by atoms with Crippen LogP contribution in [0.25, 0.3) is 0 Å². The van der Waals surface area contributed by atoms with E-state index < -0.39 is 0 Å². The zero-order chi connectivity index (χ0) is 6.00. The van der Waals surface area contributed by atoms with Crippen molar-refractivity contribution in [3.8, 4) is 0 Å². The molecule has 0 aliphatic carbocycles. The van der Waals surface area contributed by atoms with Gasteiger partial charge < -0.3 is 0 Å². The Morgan fingerprint density at radius 3 is 0.429 bits per heavy atom. The summed E-state index contributed by atoms with van der Waals surface area (Å²) in [5.74, 6) is 0. The summed E-state index contributed by atoms with van der Waals surface area (Å²) in [6, 6.07) is 0. The maximum Gasteiger partial charge on any atom is 0 e. The standard InChI is InChI=1S/3C2H4.Sb/c3*1-2;/h3*1-2H2;. The molecule has 0 aliphatic rings. The maximum atomic E-state index is 3.00. The van der Waals surface area contributed by atoms with Gasteiger partial charge in [-0.3, -0.25) is 0 Å². The van der Waals surface area contributed by atoms with Crippen molar-refractivity contribution in [1.29, 1.82) is 0 Å². The van der Waals surface area contributed by atoms with Crippen LogP contribution in [0.1, 0.15) is 0 Å². The summed E-state index contributed by atoms with van der Waals surface area (Å²) in [5, 5.41) is 0. The number of hydrogen-bond acceptors (Lipinski definition) is 0. The molecule has 0 aromatic rings. The third kappa shape index (κ3) is 67500. The van der Waals surface area contributed by atoms with E-state index in [0.717, 1.165) is 0 Å². The van der Waals surface area contributed by atoms with Crippen molar-refractivity contribution in [1.82, 2.24) is 0 Å². The Balaban J connectivity index is -0.00000000900. The minimum atomic E-state index is 0. The second-order valence-corrected chi connectivity index (χ2v) is 0. The summed E-state index contributed by atoms with van der Waals surface area (Å²) >= 11 is 0. The van der Waals surface area contributed by atoms with E-state index in [2.05, 4.69) is 39.5 Å². The third-order valence-electron chi connectivity index (χ3n) is 0. The van der Waals surface area contributed by atoms with E-state index in [4.69, 9.17) is 0 Å². The zero-order valence-electron chi connectivity index (χ0n) is 4.69. The van der Waals surface area contributed by atoms with E-state index in [1.807, 2.05) is 0 Å². The number of rotatable bonds is 0. The molecule has 7 heavy (non-hydrogen) atoms. The molecular weight excluding hydrogens is 194 g/mol. The van der Waals surface area contributed by atoms with Crippen molar-refractivity contribution in [2.75, 3.05) is 0 Å². The molecule has 0 N–H and O–H groups in total. The third-order valence-corrected chi connectivity index (χ3v) is 0. The van der Waals surface area contributed by atoms with Gasteiger partial charge in [0.25, 0.3) is 0 Å². The van der Waals surface area contributed by atoms with E-state index in [-0.39, 0.29) is 24.4 Å². The average Bonchev–Trinajstić information content (AvgIpc) is 1.81. The predicted molar refractivity (Wildman–Crippen MR) is 39.5 cm³/mol. The van der Waals surface area contributed by atoms with Crippen LogP contribution in [0.2, 0.25) is 0 Å². The van der Waals surface area contributed by atoms with Crippen molar-refractivity contribution in [3.63, 3.8) is 0 Å². The first-order chi connectivity index (χ1) is 3.00. The van der Waals surface area contributed by atoms with Gasteiger partial charge in [-0.2, -0.15) is 0 Å². The summed E-state index contributed by atoms with van der Waals surface area (Å²) in [5.41, 5.74) is 0. The van der Waals surface area contributed by atoms with Crippen LogP contribution in [0.15, 0.2) is 39.5 Å². The van der Waals surface area contributed by atoms with Gasteiger partial charge >= 0.3 is 0 Å². The van der Waals surface area contributed by atoms with Crippen LogP contribution in [0.5, 0.6) is 0 Å². The second-order valence-electron chi connectivity index (χ2n) is 0. The first-order valence-electron chi connectivity index (χ1n) is 1.50. The van der Waals surface area contributed by atoms with Crippen LogP contribution in [0.4, 0.5) is 0 Å². The molecule has 0 spiro atoms. The fourth-order valence-corrected chi connectivity index (χ4v) is 0. The molecule has 0 aromatic carbocycles. The summed E-state index contributed by atoms with van der Waals surface area (Å²) in [4.78, 5) is 0. The Bertz CT molecular complexity index is 8.90. The summed E-state index contributed by atoms with van der Waals surface area (Å²) in [6.45, 7) is 18.0. The van der Waals surface area contributed by atoms with Crippen LogP contribution in [0.3, 0.4) is 0 Å². The molecule has 0 aliphatic heterocycles. The molecule has 0 amide bonds. The van der Waals surface area contributed by atoms with Gasteiger partial charge in [0.2, 0.25) is 0 Å². The molecule has 0 heterocycles. The van der Waals surface area contributed by atoms with Gasteiger partial charge in [0.1, 0.15) is 0 Å². The van der Waals surface area contributed by atoms with Gasteiger partial charge in [0.05, 0.1) is 0 Å². The van der Waals surface area contributed by atoms with Crippen LogP contribution >= 0.6 is 0 Å². The minimum absolute atomic E-state index is 0. The van der Waals surface area contributed by atoms with Gasteiger partial charge in [-0.25, -0.2) is 0 Å². The minimum Gasteiger partial charge on any atom is -0.106 e. The van der Waals surface area contributed by atoms with Gasteiger partial charge in [0, 0.05) is 24.4 Å². The van der Waals surface area contributed by atoms with Gasteiger partial charge in [-0.15, -0.1) is 39.5 Å². The van der Waals surface area contributed by atoms with Gasteiger partial charge in [0.15, 0.2) is 0 Å². The zero-order valence-corrected chi connectivity index (χ0v) is 7.24. The Morgan fingerprint density at radius 2 is 0.429 bits per heavy atom. The van der Waals surface area contributed by atoms with E-state index in [1.165, 1.54) is 0 Å². The van der Waals surface area contributed by atoms with E-state index >= 15 is 0 Å². The number of hydrogen-bond donors (Lipinski definition) is 0. The van der Waals surface area contributed by atoms with Crippen molar-refractivity contribution < 1.29 is 0 Å². The Hall–Kier alpha value is 0.0382. The van der Waals surface area contributed by atoms with Crippen LogP contribution < -0.4 is 0 Å². The van der Waals surface area contributed by atoms with Crippen molar-refractivity contribution in [3.05, 3.63) is 39.5 Å². The Kier molecular flexibility index (Phi) is 418000. The molecule has 0 saturated heterocycles. The monoisotopic (exact) mass is 205 g/mol. The average molecular weight is 206 g/mol. The van der Waals surface area contributed by atoms with Crippen LogP contribution in [-0.2, 0) is 0 Å². The van der Waals surface area contributed by atoms with Crippen molar-refractivity contribution in [2.24, 2.45) is 0 Å². The van der Waals surface area contributed by atoms with Crippen molar-refractivity contribution in [2.45, 2.75) is 0 Å². The summed E-state index contributed by atoms with van der Waals surface area (Å²) < 4.78 is 0. The molecule has 1 heteroatoms. The predicted octanol–water partition coefficient (Wildman–Crippen LogP) is 2.03. The molecule has 0 aromatic heterocycles. The van der Waals surface area contributed by atoms with E-state index in [0.29, 0.717) is 0 Å². The summed E-state index contributed by atoms with van der Waals surface area (Å²) in [7, 11) is 0.